The van der Waals surface area contributed by atoms with E-state index in [1.807, 2.05) is 17.0 Å². The molecule has 1 N–H and O–H groups in total. The molecule has 2 aliphatic rings. The minimum absolute atomic E-state index is 0.150. The van der Waals surface area contributed by atoms with Crippen LogP contribution in [0.25, 0.3) is 11.4 Å². The van der Waals surface area contributed by atoms with Gasteiger partial charge in [0.25, 0.3) is 0 Å². The average molecular weight is 465 g/mol. The Balaban J connectivity index is 1.48. The van der Waals surface area contributed by atoms with Gasteiger partial charge in [0, 0.05) is 47.1 Å². The van der Waals surface area contributed by atoms with Crippen LogP contribution in [0, 0.1) is 11.7 Å². The van der Waals surface area contributed by atoms with E-state index in [4.69, 9.17) is 21.6 Å². The molecular weight excluding hydrogens is 443 g/mol. The average Bonchev–Trinajstić information content (AvgIpc) is 3.68. The van der Waals surface area contributed by atoms with Crippen molar-refractivity contribution in [1.82, 2.24) is 14.9 Å². The number of aldehydes is 1. The molecule has 1 aliphatic heterocycles. The van der Waals surface area contributed by atoms with Gasteiger partial charge in [0.15, 0.2) is 5.82 Å². The minimum atomic E-state index is -0.390. The number of hydrogen-bond donors (Lipinski definition) is 1. The van der Waals surface area contributed by atoms with Gasteiger partial charge >= 0.3 is 0 Å². The molecule has 2 heterocycles. The summed E-state index contributed by atoms with van der Waals surface area (Å²) in [6.07, 6.45) is 3.36. The molecule has 0 radical (unpaired) electrons. The Hall–Kier alpha value is -3.32. The van der Waals surface area contributed by atoms with Gasteiger partial charge in [0.2, 0.25) is 5.91 Å². The predicted octanol–water partition coefficient (Wildman–Crippen LogP) is 4.66. The zero-order valence-corrected chi connectivity index (χ0v) is 18.6. The van der Waals surface area contributed by atoms with Crippen molar-refractivity contribution in [2.45, 2.75) is 32.4 Å². The summed E-state index contributed by atoms with van der Waals surface area (Å²) in [4.78, 5) is 35.1. The lowest BCUT2D eigenvalue weighted by Gasteiger charge is -2.30. The van der Waals surface area contributed by atoms with E-state index in [0.717, 1.165) is 41.5 Å². The Kier molecular flexibility index (Phi) is 5.81. The van der Waals surface area contributed by atoms with Crippen LogP contribution >= 0.6 is 11.6 Å². The number of nitrogens with one attached hydrogen (secondary N) is 1. The van der Waals surface area contributed by atoms with Crippen molar-refractivity contribution in [3.63, 3.8) is 0 Å². The van der Waals surface area contributed by atoms with Crippen LogP contribution in [0.3, 0.4) is 0 Å². The molecule has 8 heteroatoms. The monoisotopic (exact) mass is 464 g/mol. The third-order valence-electron chi connectivity index (χ3n) is 6.06. The van der Waals surface area contributed by atoms with Gasteiger partial charge in [0.05, 0.1) is 12.2 Å². The molecule has 168 valence electrons. The molecule has 1 fully saturated rings. The zero-order chi connectivity index (χ0) is 22.9. The third kappa shape index (κ3) is 4.59. The van der Waals surface area contributed by atoms with E-state index in [0.29, 0.717) is 48.3 Å². The summed E-state index contributed by atoms with van der Waals surface area (Å²) in [6, 6.07) is 11.4. The van der Waals surface area contributed by atoms with E-state index in [-0.39, 0.29) is 11.8 Å². The molecule has 0 bridgehead atoms. The summed E-state index contributed by atoms with van der Waals surface area (Å²) in [5.74, 6) is 1.13. The number of amides is 1. The van der Waals surface area contributed by atoms with Crippen LogP contribution in [-0.4, -0.2) is 33.6 Å². The van der Waals surface area contributed by atoms with Crippen molar-refractivity contribution < 1.29 is 14.0 Å². The molecule has 1 amide bonds. The maximum atomic E-state index is 13.4. The van der Waals surface area contributed by atoms with Crippen molar-refractivity contribution >= 4 is 29.6 Å². The first-order valence-corrected chi connectivity index (χ1v) is 11.3. The van der Waals surface area contributed by atoms with Crippen LogP contribution in [0.1, 0.15) is 40.0 Å². The fraction of sp³-hybridized carbons (Fsp3) is 0.280. The molecule has 1 aliphatic carbocycles. The molecule has 1 aromatic heterocycles. The van der Waals surface area contributed by atoms with Crippen molar-refractivity contribution in [3.8, 4) is 11.4 Å². The molecular formula is C25H22ClFN4O2. The molecule has 5 rings (SSSR count). The highest BCUT2D eigenvalue weighted by atomic mass is 35.5. The number of benzene rings is 2. The molecule has 3 aromatic rings. The summed E-state index contributed by atoms with van der Waals surface area (Å²) in [5.41, 5.74) is 3.90. The molecule has 1 saturated carbocycles. The van der Waals surface area contributed by atoms with Crippen LogP contribution in [-0.2, 0) is 24.3 Å². The van der Waals surface area contributed by atoms with Gasteiger partial charge < -0.3 is 10.2 Å². The lowest BCUT2D eigenvalue weighted by Crippen LogP contribution is -2.38. The van der Waals surface area contributed by atoms with Crippen LogP contribution in [0.4, 0.5) is 10.2 Å². The summed E-state index contributed by atoms with van der Waals surface area (Å²) in [7, 11) is 0. The summed E-state index contributed by atoms with van der Waals surface area (Å²) in [5, 5.41) is 3.67. The van der Waals surface area contributed by atoms with Gasteiger partial charge in [0.1, 0.15) is 17.9 Å². The molecule has 2 aromatic carbocycles. The second-order valence-corrected chi connectivity index (χ2v) is 8.84. The highest BCUT2D eigenvalue weighted by molar-refractivity contribution is 6.31. The maximum Gasteiger partial charge on any atom is 0.225 e. The summed E-state index contributed by atoms with van der Waals surface area (Å²) in [6.45, 7) is 1.43. The fourth-order valence-electron chi connectivity index (χ4n) is 4.02. The number of carbonyl (C=O) groups excluding carboxylic acids is 2. The number of fused-ring (bicyclic) bond motifs is 1. The first kappa shape index (κ1) is 21.5. The van der Waals surface area contributed by atoms with E-state index in [2.05, 4.69) is 5.32 Å². The third-order valence-corrected chi connectivity index (χ3v) is 6.42. The normalized spacial score (nSPS) is 15.2. The van der Waals surface area contributed by atoms with Crippen LogP contribution in [0.5, 0.6) is 0 Å². The van der Waals surface area contributed by atoms with Crippen molar-refractivity contribution in [2.24, 2.45) is 5.92 Å². The van der Waals surface area contributed by atoms with Gasteiger partial charge in [-0.2, -0.15) is 0 Å². The van der Waals surface area contributed by atoms with E-state index in [1.54, 1.807) is 18.2 Å². The Morgan fingerprint density at radius 2 is 1.97 bits per heavy atom. The van der Waals surface area contributed by atoms with E-state index in [1.165, 1.54) is 12.1 Å². The summed E-state index contributed by atoms with van der Waals surface area (Å²) < 4.78 is 13.4. The Labute approximate surface area is 195 Å². The minimum Gasteiger partial charge on any atom is -0.366 e. The van der Waals surface area contributed by atoms with E-state index in [9.17, 15) is 14.0 Å². The Morgan fingerprint density at radius 1 is 1.18 bits per heavy atom. The smallest absolute Gasteiger partial charge is 0.225 e. The highest BCUT2D eigenvalue weighted by Gasteiger charge is 2.35. The lowest BCUT2D eigenvalue weighted by atomic mass is 10.0. The molecule has 6 nitrogen and oxygen atoms in total. The van der Waals surface area contributed by atoms with Crippen molar-refractivity contribution in [1.29, 1.82) is 0 Å². The molecule has 0 spiro atoms. The van der Waals surface area contributed by atoms with E-state index >= 15 is 0 Å². The van der Waals surface area contributed by atoms with Gasteiger partial charge in [-0.25, -0.2) is 14.4 Å². The van der Waals surface area contributed by atoms with Gasteiger partial charge in [-0.15, -0.1) is 0 Å². The number of halogens is 2. The van der Waals surface area contributed by atoms with Crippen molar-refractivity contribution in [2.75, 3.05) is 11.9 Å². The molecule has 0 atom stereocenters. The van der Waals surface area contributed by atoms with Gasteiger partial charge in [-0.1, -0.05) is 41.9 Å². The molecule has 0 saturated heterocycles. The summed E-state index contributed by atoms with van der Waals surface area (Å²) >= 11 is 6.21. The van der Waals surface area contributed by atoms with Crippen molar-refractivity contribution in [3.05, 3.63) is 75.7 Å². The zero-order valence-electron chi connectivity index (χ0n) is 17.9. The molecule has 0 unspecified atom stereocenters. The second-order valence-electron chi connectivity index (χ2n) is 8.43. The highest BCUT2D eigenvalue weighted by Crippen LogP contribution is 2.34. The number of rotatable bonds is 6. The predicted molar refractivity (Wildman–Crippen MR) is 123 cm³/mol. The maximum absolute atomic E-state index is 13.4. The van der Waals surface area contributed by atoms with Crippen LogP contribution in [0.2, 0.25) is 5.02 Å². The first-order chi connectivity index (χ1) is 16.0. The topological polar surface area (TPSA) is 75.2 Å². The number of anilines is 1. The lowest BCUT2D eigenvalue weighted by molar-refractivity contribution is -0.133. The van der Waals surface area contributed by atoms with Crippen LogP contribution in [0.15, 0.2) is 42.5 Å². The van der Waals surface area contributed by atoms with Crippen LogP contribution < -0.4 is 5.32 Å². The van der Waals surface area contributed by atoms with E-state index < -0.39 is 5.82 Å². The quantitative estimate of drug-likeness (QED) is 0.537. The number of hydrogen-bond acceptors (Lipinski definition) is 5. The van der Waals surface area contributed by atoms with Gasteiger partial charge in [-0.05, 0) is 30.5 Å². The standard InChI is InChI=1S/C25H22ClFN4O2/c26-21-11-19(27)8-7-18(21)12-28-24-20-13-31(25(33)17-5-6-17)10-9-22(20)29-23(30-24)16-3-1-15(14-32)2-4-16/h1-4,7-8,11,14,17H,5-6,9-10,12-13H2,(H,28,29,30). The fourth-order valence-corrected chi connectivity index (χ4v) is 4.25. The number of aromatic nitrogens is 2. The number of nitrogens with zero attached hydrogens (tertiary/aromatic N) is 3. The van der Waals surface area contributed by atoms with Gasteiger partial charge in [-0.3, -0.25) is 9.59 Å². The molecule has 33 heavy (non-hydrogen) atoms. The SMILES string of the molecule is O=Cc1ccc(-c2nc3c(c(NCc4ccc(F)cc4Cl)n2)CN(C(=O)C2CC2)CC3)cc1. The Bertz CT molecular complexity index is 1230. The Morgan fingerprint density at radius 3 is 2.67 bits per heavy atom. The first-order valence-electron chi connectivity index (χ1n) is 10.9. The second kappa shape index (κ2) is 8.90. The largest absolute Gasteiger partial charge is 0.366 e. The number of carbonyl (C=O) groups is 2.